The summed E-state index contributed by atoms with van der Waals surface area (Å²) < 4.78 is 0. The molecule has 6 heteroatoms. The maximum absolute atomic E-state index is 10.5. The Hall–Kier alpha value is -1.30. The van der Waals surface area contributed by atoms with E-state index in [9.17, 15) is 9.59 Å². The highest BCUT2D eigenvalue weighted by Gasteiger charge is 2.16. The highest BCUT2D eigenvalue weighted by Crippen LogP contribution is 1.99. The molecule has 0 aliphatic heterocycles. The number of rotatable bonds is 6. The molecule has 0 spiro atoms. The maximum Gasteiger partial charge on any atom is 0.419 e. The van der Waals surface area contributed by atoms with E-state index in [0.29, 0.717) is 6.42 Å². The van der Waals surface area contributed by atoms with Gasteiger partial charge in [-0.25, -0.2) is 10.2 Å². The van der Waals surface area contributed by atoms with Crippen molar-refractivity contribution in [2.24, 2.45) is 0 Å². The Balaban J connectivity index is 3.80. The number of carbonyl (C=O) groups is 2. The Kier molecular flexibility index (Phi) is 5.62. The third-order valence-corrected chi connectivity index (χ3v) is 1.50. The molecule has 0 aliphatic carbocycles. The van der Waals surface area contributed by atoms with Crippen molar-refractivity contribution in [2.45, 2.75) is 32.2 Å². The van der Waals surface area contributed by atoms with Crippen molar-refractivity contribution in [3.63, 3.8) is 0 Å². The first-order valence-electron chi connectivity index (χ1n) is 4.05. The van der Waals surface area contributed by atoms with Crippen LogP contribution in [-0.2, 0) is 4.79 Å². The van der Waals surface area contributed by atoms with Gasteiger partial charge in [-0.3, -0.25) is 10.2 Å². The zero-order valence-electron chi connectivity index (χ0n) is 7.41. The lowest BCUT2D eigenvalue weighted by Crippen LogP contribution is -2.47. The first kappa shape index (κ1) is 11.7. The highest BCUT2D eigenvalue weighted by atomic mass is 16.4. The summed E-state index contributed by atoms with van der Waals surface area (Å²) in [5.74, 6) is -1.05. The van der Waals surface area contributed by atoms with E-state index in [0.717, 1.165) is 12.8 Å². The number of amides is 1. The van der Waals surface area contributed by atoms with Crippen LogP contribution in [0.5, 0.6) is 0 Å². The number of aliphatic carboxylic acids is 1. The summed E-state index contributed by atoms with van der Waals surface area (Å²) in [7, 11) is 0. The third-order valence-electron chi connectivity index (χ3n) is 1.50. The van der Waals surface area contributed by atoms with Crippen molar-refractivity contribution in [3.8, 4) is 0 Å². The lowest BCUT2D eigenvalue weighted by Gasteiger charge is -2.12. The Bertz CT molecular complexity index is 183. The molecule has 0 aromatic rings. The molecule has 4 N–H and O–H groups in total. The SMILES string of the molecule is CCCCC(NNC(=O)O)C(=O)O. The van der Waals surface area contributed by atoms with E-state index in [-0.39, 0.29) is 0 Å². The van der Waals surface area contributed by atoms with Gasteiger partial charge in [0.05, 0.1) is 0 Å². The van der Waals surface area contributed by atoms with Crippen LogP contribution < -0.4 is 10.9 Å². The molecule has 6 nitrogen and oxygen atoms in total. The number of hydrazine groups is 1. The number of unbranched alkanes of at least 4 members (excludes halogenated alkanes) is 1. The normalized spacial score (nSPS) is 12.1. The molecule has 1 amide bonds. The standard InChI is InChI=1S/C7H14N2O4/c1-2-3-4-5(6(10)11)8-9-7(12)13/h5,8-9H,2-4H2,1H3,(H,10,11)(H,12,13). The van der Waals surface area contributed by atoms with Gasteiger partial charge in [-0.2, -0.15) is 0 Å². The number of nitrogens with one attached hydrogen (secondary N) is 2. The molecule has 76 valence electrons. The molecule has 0 saturated heterocycles. The van der Waals surface area contributed by atoms with Crippen LogP contribution in [-0.4, -0.2) is 28.3 Å². The minimum Gasteiger partial charge on any atom is -0.480 e. The zero-order chi connectivity index (χ0) is 10.3. The molecule has 0 heterocycles. The lowest BCUT2D eigenvalue weighted by molar-refractivity contribution is -0.139. The molecule has 0 aromatic carbocycles. The fourth-order valence-corrected chi connectivity index (χ4v) is 0.814. The average Bonchev–Trinajstić information content (AvgIpc) is 2.03. The fraction of sp³-hybridized carbons (Fsp3) is 0.714. The molecule has 1 unspecified atom stereocenters. The van der Waals surface area contributed by atoms with Crippen LogP contribution in [0.4, 0.5) is 4.79 Å². The summed E-state index contributed by atoms with van der Waals surface area (Å²) in [4.78, 5) is 20.6. The van der Waals surface area contributed by atoms with Crippen LogP contribution in [0, 0.1) is 0 Å². The monoisotopic (exact) mass is 190 g/mol. The van der Waals surface area contributed by atoms with E-state index in [1.807, 2.05) is 12.3 Å². The summed E-state index contributed by atoms with van der Waals surface area (Å²) in [5.41, 5.74) is 4.03. The molecular weight excluding hydrogens is 176 g/mol. The van der Waals surface area contributed by atoms with Crippen LogP contribution in [0.1, 0.15) is 26.2 Å². The second-order valence-electron chi connectivity index (χ2n) is 2.61. The number of carboxylic acid groups (broad SMARTS) is 2. The van der Waals surface area contributed by atoms with Gasteiger partial charge < -0.3 is 10.2 Å². The predicted molar refractivity (Wildman–Crippen MR) is 45.2 cm³/mol. The molecule has 0 aromatic heterocycles. The minimum atomic E-state index is -1.29. The van der Waals surface area contributed by atoms with Gasteiger partial charge >= 0.3 is 12.1 Å². The first-order valence-corrected chi connectivity index (χ1v) is 4.05. The summed E-state index contributed by atoms with van der Waals surface area (Å²) in [6, 6.07) is -0.851. The molecule has 0 saturated carbocycles. The summed E-state index contributed by atoms with van der Waals surface area (Å²) in [6.45, 7) is 1.93. The van der Waals surface area contributed by atoms with E-state index >= 15 is 0 Å². The van der Waals surface area contributed by atoms with Gasteiger partial charge in [-0.1, -0.05) is 19.8 Å². The lowest BCUT2D eigenvalue weighted by atomic mass is 10.1. The quantitative estimate of drug-likeness (QED) is 0.454. The molecule has 0 fully saturated rings. The van der Waals surface area contributed by atoms with Crippen LogP contribution in [0.25, 0.3) is 0 Å². The van der Waals surface area contributed by atoms with E-state index in [4.69, 9.17) is 10.2 Å². The van der Waals surface area contributed by atoms with Crippen molar-refractivity contribution in [1.29, 1.82) is 0 Å². The van der Waals surface area contributed by atoms with Gasteiger partial charge in [0.25, 0.3) is 0 Å². The average molecular weight is 190 g/mol. The number of carboxylic acids is 1. The van der Waals surface area contributed by atoms with Gasteiger partial charge in [0, 0.05) is 0 Å². The molecule has 0 bridgehead atoms. The van der Waals surface area contributed by atoms with Crippen molar-refractivity contribution >= 4 is 12.1 Å². The summed E-state index contributed by atoms with van der Waals surface area (Å²) in [5, 5.41) is 16.8. The molecule has 1 atom stereocenters. The molecule has 0 radical (unpaired) electrons. The number of hydrogen-bond donors (Lipinski definition) is 4. The fourth-order valence-electron chi connectivity index (χ4n) is 0.814. The zero-order valence-corrected chi connectivity index (χ0v) is 7.41. The van der Waals surface area contributed by atoms with E-state index < -0.39 is 18.1 Å². The second-order valence-corrected chi connectivity index (χ2v) is 2.61. The van der Waals surface area contributed by atoms with Crippen LogP contribution in [0.3, 0.4) is 0 Å². The second kappa shape index (κ2) is 6.24. The Morgan fingerprint density at radius 2 is 2.00 bits per heavy atom. The van der Waals surface area contributed by atoms with Crippen molar-refractivity contribution in [1.82, 2.24) is 10.9 Å². The van der Waals surface area contributed by atoms with Crippen molar-refractivity contribution < 1.29 is 19.8 Å². The van der Waals surface area contributed by atoms with Crippen molar-refractivity contribution in [2.75, 3.05) is 0 Å². The molecule has 13 heavy (non-hydrogen) atoms. The topological polar surface area (TPSA) is 98.7 Å². The van der Waals surface area contributed by atoms with Crippen LogP contribution in [0.15, 0.2) is 0 Å². The molecular formula is C7H14N2O4. The molecule has 0 rings (SSSR count). The number of hydrogen-bond acceptors (Lipinski definition) is 3. The summed E-state index contributed by atoms with van der Waals surface area (Å²) >= 11 is 0. The Morgan fingerprint density at radius 1 is 1.38 bits per heavy atom. The predicted octanol–water partition coefficient (Wildman–Crippen LogP) is 0.402. The van der Waals surface area contributed by atoms with E-state index in [1.54, 1.807) is 0 Å². The summed E-state index contributed by atoms with van der Waals surface area (Å²) in [6.07, 6.45) is 0.735. The largest absolute Gasteiger partial charge is 0.480 e. The van der Waals surface area contributed by atoms with Crippen molar-refractivity contribution in [3.05, 3.63) is 0 Å². The van der Waals surface area contributed by atoms with Gasteiger partial charge in [0.15, 0.2) is 0 Å². The van der Waals surface area contributed by atoms with Gasteiger partial charge in [0.2, 0.25) is 0 Å². The van der Waals surface area contributed by atoms with Crippen LogP contribution >= 0.6 is 0 Å². The van der Waals surface area contributed by atoms with Gasteiger partial charge in [-0.15, -0.1) is 0 Å². The Labute approximate surface area is 75.9 Å². The van der Waals surface area contributed by atoms with Crippen LogP contribution in [0.2, 0.25) is 0 Å². The van der Waals surface area contributed by atoms with Gasteiger partial charge in [-0.05, 0) is 6.42 Å². The first-order chi connectivity index (χ1) is 6.07. The van der Waals surface area contributed by atoms with Gasteiger partial charge in [0.1, 0.15) is 6.04 Å². The maximum atomic E-state index is 10.5. The molecule has 0 aliphatic rings. The minimum absolute atomic E-state index is 0.409. The Morgan fingerprint density at radius 3 is 2.38 bits per heavy atom. The smallest absolute Gasteiger partial charge is 0.419 e. The van der Waals surface area contributed by atoms with E-state index in [1.165, 1.54) is 0 Å². The third kappa shape index (κ3) is 5.92. The highest BCUT2D eigenvalue weighted by molar-refractivity contribution is 5.74. The van der Waals surface area contributed by atoms with E-state index in [2.05, 4.69) is 5.43 Å².